The number of imidazole rings is 1. The molecule has 0 saturated heterocycles. The van der Waals surface area contributed by atoms with Crippen LogP contribution in [0.15, 0.2) is 17.6 Å². The lowest BCUT2D eigenvalue weighted by Gasteiger charge is -2.15. The van der Waals surface area contributed by atoms with Crippen molar-refractivity contribution < 1.29 is 9.90 Å². The van der Waals surface area contributed by atoms with Crippen LogP contribution in [0.25, 0.3) is 0 Å². The smallest absolute Gasteiger partial charge is 0.313 e. The first-order chi connectivity index (χ1) is 7.66. The molecule has 0 aromatic carbocycles. The average molecular weight is 240 g/mol. The number of aliphatic carboxylic acids is 1. The van der Waals surface area contributed by atoms with E-state index in [1.54, 1.807) is 6.20 Å². The Labute approximate surface area is 99.1 Å². The molecule has 5 heteroatoms. The molecule has 1 atom stereocenters. The topological polar surface area (TPSA) is 55.1 Å². The maximum atomic E-state index is 10.5. The van der Waals surface area contributed by atoms with Crippen molar-refractivity contribution in [3.63, 3.8) is 0 Å². The molecular formula is C11H16N2O2S. The molecule has 0 bridgehead atoms. The summed E-state index contributed by atoms with van der Waals surface area (Å²) in [6.07, 6.45) is 7.55. The molecule has 1 N–H and O–H groups in total. The van der Waals surface area contributed by atoms with E-state index in [9.17, 15) is 4.79 Å². The lowest BCUT2D eigenvalue weighted by Crippen LogP contribution is -2.08. The van der Waals surface area contributed by atoms with Crippen LogP contribution in [-0.2, 0) is 4.79 Å². The van der Waals surface area contributed by atoms with E-state index in [4.69, 9.17) is 5.11 Å². The first-order valence-corrected chi connectivity index (χ1v) is 6.53. The van der Waals surface area contributed by atoms with Gasteiger partial charge in [-0.3, -0.25) is 4.79 Å². The van der Waals surface area contributed by atoms with Crippen molar-refractivity contribution in [3.05, 3.63) is 12.4 Å². The summed E-state index contributed by atoms with van der Waals surface area (Å²) in [6, 6.07) is 0.422. The summed E-state index contributed by atoms with van der Waals surface area (Å²) in [5, 5.41) is 9.45. The summed E-state index contributed by atoms with van der Waals surface area (Å²) in [6.45, 7) is 2.17. The zero-order valence-corrected chi connectivity index (χ0v) is 10.1. The molecule has 1 fully saturated rings. The molecule has 2 rings (SSSR count). The Bertz CT molecular complexity index is 374. The molecular weight excluding hydrogens is 224 g/mol. The summed E-state index contributed by atoms with van der Waals surface area (Å²) in [5.41, 5.74) is 0. The van der Waals surface area contributed by atoms with Gasteiger partial charge in [0.25, 0.3) is 0 Å². The van der Waals surface area contributed by atoms with E-state index in [2.05, 4.69) is 16.5 Å². The van der Waals surface area contributed by atoms with Crippen molar-refractivity contribution in [2.45, 2.75) is 37.4 Å². The highest BCUT2D eigenvalue weighted by atomic mass is 32.2. The third-order valence-electron chi connectivity index (χ3n) is 2.80. The second-order valence-electron chi connectivity index (χ2n) is 4.33. The first-order valence-electron chi connectivity index (χ1n) is 5.54. The van der Waals surface area contributed by atoms with Crippen molar-refractivity contribution >= 4 is 17.7 Å². The Morgan fingerprint density at radius 1 is 1.75 bits per heavy atom. The van der Waals surface area contributed by atoms with Crippen LogP contribution in [0.1, 0.15) is 32.2 Å². The van der Waals surface area contributed by atoms with E-state index in [0.29, 0.717) is 6.04 Å². The predicted molar refractivity (Wildman–Crippen MR) is 62.6 cm³/mol. The Kier molecular flexibility index (Phi) is 3.53. The number of thioether (sulfide) groups is 1. The quantitative estimate of drug-likeness (QED) is 0.776. The van der Waals surface area contributed by atoms with Crippen molar-refractivity contribution in [2.75, 3.05) is 5.75 Å². The normalized spacial score (nSPS) is 17.3. The Morgan fingerprint density at radius 2 is 2.50 bits per heavy atom. The number of hydrogen-bond acceptors (Lipinski definition) is 3. The monoisotopic (exact) mass is 240 g/mol. The SMILES string of the molecule is CC(CC1CC1)n1ccnc1SCC(=O)O. The van der Waals surface area contributed by atoms with Gasteiger partial charge in [0.2, 0.25) is 0 Å². The van der Waals surface area contributed by atoms with Crippen LogP contribution in [0.5, 0.6) is 0 Å². The van der Waals surface area contributed by atoms with Gasteiger partial charge in [0.1, 0.15) is 0 Å². The van der Waals surface area contributed by atoms with Crippen LogP contribution in [0, 0.1) is 5.92 Å². The predicted octanol–water partition coefficient (Wildman–Crippen LogP) is 2.42. The summed E-state index contributed by atoms with van der Waals surface area (Å²) >= 11 is 1.29. The highest BCUT2D eigenvalue weighted by Gasteiger charge is 2.25. The molecule has 1 aromatic heterocycles. The molecule has 16 heavy (non-hydrogen) atoms. The van der Waals surface area contributed by atoms with Crippen molar-refractivity contribution in [3.8, 4) is 0 Å². The van der Waals surface area contributed by atoms with Gasteiger partial charge in [-0.05, 0) is 19.3 Å². The minimum Gasteiger partial charge on any atom is -0.481 e. The van der Waals surface area contributed by atoms with E-state index >= 15 is 0 Å². The second kappa shape index (κ2) is 4.91. The number of aromatic nitrogens is 2. The largest absolute Gasteiger partial charge is 0.481 e. The molecule has 88 valence electrons. The van der Waals surface area contributed by atoms with Gasteiger partial charge in [0.05, 0.1) is 5.75 Å². The Balaban J connectivity index is 1.96. The van der Waals surface area contributed by atoms with Gasteiger partial charge >= 0.3 is 5.97 Å². The molecule has 1 saturated carbocycles. The molecule has 0 amide bonds. The van der Waals surface area contributed by atoms with Crippen LogP contribution >= 0.6 is 11.8 Å². The number of hydrogen-bond donors (Lipinski definition) is 1. The van der Waals surface area contributed by atoms with Crippen molar-refractivity contribution in [1.29, 1.82) is 0 Å². The molecule has 4 nitrogen and oxygen atoms in total. The number of carboxylic acids is 1. The van der Waals surface area contributed by atoms with Gasteiger partial charge in [-0.2, -0.15) is 0 Å². The number of carboxylic acid groups (broad SMARTS) is 1. The van der Waals surface area contributed by atoms with E-state index < -0.39 is 5.97 Å². The highest BCUT2D eigenvalue weighted by molar-refractivity contribution is 7.99. The molecule has 1 aromatic rings. The molecule has 1 heterocycles. The van der Waals surface area contributed by atoms with E-state index in [-0.39, 0.29) is 5.75 Å². The number of rotatable bonds is 6. The maximum Gasteiger partial charge on any atom is 0.313 e. The second-order valence-corrected chi connectivity index (χ2v) is 5.27. The van der Waals surface area contributed by atoms with E-state index in [1.165, 1.54) is 31.0 Å². The van der Waals surface area contributed by atoms with Gasteiger partial charge in [-0.25, -0.2) is 4.98 Å². The standard InChI is InChI=1S/C11H16N2O2S/c1-8(6-9-2-3-9)13-5-4-12-11(13)16-7-10(14)15/h4-5,8-9H,2-3,6-7H2,1H3,(H,14,15). The minimum atomic E-state index is -0.797. The van der Waals surface area contributed by atoms with Gasteiger partial charge in [0.15, 0.2) is 5.16 Å². The molecule has 1 unspecified atom stereocenters. The average Bonchev–Trinajstić information content (AvgIpc) is 2.91. The number of nitrogens with zero attached hydrogens (tertiary/aromatic N) is 2. The molecule has 1 aliphatic carbocycles. The number of carbonyl (C=O) groups is 1. The lowest BCUT2D eigenvalue weighted by atomic mass is 10.1. The van der Waals surface area contributed by atoms with Crippen LogP contribution in [0.2, 0.25) is 0 Å². The Morgan fingerprint density at radius 3 is 3.12 bits per heavy atom. The third kappa shape index (κ3) is 3.01. The molecule has 0 radical (unpaired) electrons. The van der Waals surface area contributed by atoms with Crippen LogP contribution in [0.3, 0.4) is 0 Å². The first kappa shape index (κ1) is 11.5. The van der Waals surface area contributed by atoms with Crippen LogP contribution in [0.4, 0.5) is 0 Å². The van der Waals surface area contributed by atoms with Gasteiger partial charge in [0, 0.05) is 18.4 Å². The lowest BCUT2D eigenvalue weighted by molar-refractivity contribution is -0.133. The van der Waals surface area contributed by atoms with Gasteiger partial charge in [-0.1, -0.05) is 24.6 Å². The van der Waals surface area contributed by atoms with Crippen LogP contribution in [-0.4, -0.2) is 26.4 Å². The summed E-state index contributed by atoms with van der Waals surface area (Å²) in [4.78, 5) is 14.7. The fourth-order valence-corrected chi connectivity index (χ4v) is 2.60. The zero-order chi connectivity index (χ0) is 11.5. The Hall–Kier alpha value is -0.970. The summed E-state index contributed by atoms with van der Waals surface area (Å²) in [5.74, 6) is 0.150. The molecule has 1 aliphatic rings. The van der Waals surface area contributed by atoms with Gasteiger partial charge in [-0.15, -0.1) is 0 Å². The summed E-state index contributed by atoms with van der Waals surface area (Å²) < 4.78 is 2.09. The van der Waals surface area contributed by atoms with Crippen molar-refractivity contribution in [1.82, 2.24) is 9.55 Å². The fraction of sp³-hybridized carbons (Fsp3) is 0.636. The third-order valence-corrected chi connectivity index (χ3v) is 3.77. The van der Waals surface area contributed by atoms with E-state index in [1.807, 2.05) is 6.20 Å². The summed E-state index contributed by atoms with van der Waals surface area (Å²) in [7, 11) is 0. The van der Waals surface area contributed by atoms with E-state index in [0.717, 1.165) is 11.1 Å². The maximum absolute atomic E-state index is 10.5. The minimum absolute atomic E-state index is 0.0765. The van der Waals surface area contributed by atoms with Crippen molar-refractivity contribution in [2.24, 2.45) is 5.92 Å². The molecule has 0 spiro atoms. The zero-order valence-electron chi connectivity index (χ0n) is 9.30. The fourth-order valence-electron chi connectivity index (χ4n) is 1.82. The molecule has 0 aliphatic heterocycles. The van der Waals surface area contributed by atoms with Gasteiger partial charge < -0.3 is 9.67 Å². The van der Waals surface area contributed by atoms with Crippen LogP contribution < -0.4 is 0 Å². The highest BCUT2D eigenvalue weighted by Crippen LogP contribution is 2.37.